The number of nitrogens with one attached hydrogen (secondary N) is 1. The Balaban J connectivity index is 2.40. The fourth-order valence-corrected chi connectivity index (χ4v) is 3.74. The minimum Gasteiger partial charge on any atom is -0.496 e. The van der Waals surface area contributed by atoms with Crippen molar-refractivity contribution in [2.75, 3.05) is 13.7 Å². The molecule has 0 saturated carbocycles. The van der Waals surface area contributed by atoms with Gasteiger partial charge in [0.15, 0.2) is 0 Å². The Morgan fingerprint density at radius 2 is 2.11 bits per heavy atom. The van der Waals surface area contributed by atoms with Crippen LogP contribution in [-0.4, -0.2) is 13.7 Å². The van der Waals surface area contributed by atoms with Gasteiger partial charge in [0.2, 0.25) is 0 Å². The molecule has 1 N–H and O–H groups in total. The average Bonchev–Trinajstić information content (AvgIpc) is 2.86. The van der Waals surface area contributed by atoms with Crippen LogP contribution in [0.4, 0.5) is 0 Å². The number of rotatable bonds is 6. The Bertz CT molecular complexity index is 526. The Morgan fingerprint density at radius 1 is 1.32 bits per heavy atom. The first-order valence-corrected chi connectivity index (χ1v) is 8.04. The molecule has 1 unspecified atom stereocenters. The molecule has 0 aliphatic rings. The Kier molecular flexibility index (Phi) is 5.43. The lowest BCUT2D eigenvalue weighted by Gasteiger charge is -2.20. The lowest BCUT2D eigenvalue weighted by atomic mass is 10.0. The predicted octanol–water partition coefficient (Wildman–Crippen LogP) is 4.61. The van der Waals surface area contributed by atoms with E-state index in [2.05, 4.69) is 51.7 Å². The third kappa shape index (κ3) is 3.38. The van der Waals surface area contributed by atoms with Crippen LogP contribution in [0, 0.1) is 0 Å². The van der Waals surface area contributed by atoms with Gasteiger partial charge < -0.3 is 10.1 Å². The van der Waals surface area contributed by atoms with E-state index in [1.54, 1.807) is 18.4 Å². The van der Waals surface area contributed by atoms with Crippen molar-refractivity contribution in [3.63, 3.8) is 0 Å². The van der Waals surface area contributed by atoms with Crippen molar-refractivity contribution in [3.8, 4) is 5.75 Å². The van der Waals surface area contributed by atoms with E-state index >= 15 is 0 Å². The van der Waals surface area contributed by atoms with Crippen LogP contribution in [-0.2, 0) is 0 Å². The molecule has 0 amide bonds. The number of para-hydroxylation sites is 1. The van der Waals surface area contributed by atoms with Gasteiger partial charge in [-0.05, 0) is 46.4 Å². The van der Waals surface area contributed by atoms with E-state index in [9.17, 15) is 0 Å². The molecule has 0 radical (unpaired) electrons. The summed E-state index contributed by atoms with van der Waals surface area (Å²) >= 11 is 5.39. The van der Waals surface area contributed by atoms with Gasteiger partial charge in [0.25, 0.3) is 0 Å². The molecule has 1 aromatic carbocycles. The third-order valence-electron chi connectivity index (χ3n) is 2.96. The zero-order chi connectivity index (χ0) is 13.7. The first kappa shape index (κ1) is 14.6. The summed E-state index contributed by atoms with van der Waals surface area (Å²) in [4.78, 5) is 1.29. The number of hydrogen-bond acceptors (Lipinski definition) is 3. The van der Waals surface area contributed by atoms with Gasteiger partial charge in [0.1, 0.15) is 5.75 Å². The summed E-state index contributed by atoms with van der Waals surface area (Å²) in [5.74, 6) is 0.927. The second kappa shape index (κ2) is 7.08. The predicted molar refractivity (Wildman–Crippen MR) is 85.1 cm³/mol. The lowest BCUT2D eigenvalue weighted by molar-refractivity contribution is 0.404. The molecule has 19 heavy (non-hydrogen) atoms. The number of hydrogen-bond donors (Lipinski definition) is 1. The molecule has 1 heterocycles. The molecule has 1 aromatic heterocycles. The van der Waals surface area contributed by atoms with Crippen molar-refractivity contribution in [2.24, 2.45) is 0 Å². The highest BCUT2D eigenvalue weighted by Gasteiger charge is 2.20. The minimum atomic E-state index is 0.172. The second-order valence-corrected chi connectivity index (χ2v) is 6.06. The fraction of sp³-hybridized carbons (Fsp3) is 0.333. The maximum absolute atomic E-state index is 5.49. The molecule has 0 spiro atoms. The molecule has 102 valence electrons. The van der Waals surface area contributed by atoms with Gasteiger partial charge in [-0.1, -0.05) is 25.1 Å². The number of methoxy groups -OCH3 is 1. The number of thiophene rings is 1. The highest BCUT2D eigenvalue weighted by Crippen LogP contribution is 2.36. The maximum atomic E-state index is 5.49. The van der Waals surface area contributed by atoms with E-state index in [-0.39, 0.29) is 6.04 Å². The van der Waals surface area contributed by atoms with Crippen LogP contribution in [0.1, 0.15) is 29.8 Å². The summed E-state index contributed by atoms with van der Waals surface area (Å²) in [5, 5.41) is 5.71. The Morgan fingerprint density at radius 3 is 2.74 bits per heavy atom. The summed E-state index contributed by atoms with van der Waals surface area (Å²) in [6, 6.07) is 10.5. The van der Waals surface area contributed by atoms with Crippen molar-refractivity contribution in [2.45, 2.75) is 19.4 Å². The Labute approximate surface area is 126 Å². The summed E-state index contributed by atoms with van der Waals surface area (Å²) in [6.45, 7) is 3.16. The maximum Gasteiger partial charge on any atom is 0.124 e. The summed E-state index contributed by atoms with van der Waals surface area (Å²) in [6.07, 6.45) is 1.11. The van der Waals surface area contributed by atoms with Gasteiger partial charge in [0.05, 0.1) is 13.2 Å². The van der Waals surface area contributed by atoms with Crippen LogP contribution in [0.15, 0.2) is 40.2 Å². The van der Waals surface area contributed by atoms with Gasteiger partial charge in [-0.2, -0.15) is 0 Å². The van der Waals surface area contributed by atoms with Gasteiger partial charge in [-0.3, -0.25) is 0 Å². The van der Waals surface area contributed by atoms with Crippen molar-refractivity contribution >= 4 is 27.3 Å². The van der Waals surface area contributed by atoms with Gasteiger partial charge in [0, 0.05) is 14.9 Å². The number of halogens is 1. The van der Waals surface area contributed by atoms with E-state index in [1.165, 1.54) is 10.4 Å². The zero-order valence-corrected chi connectivity index (χ0v) is 13.6. The first-order chi connectivity index (χ1) is 9.27. The van der Waals surface area contributed by atoms with Crippen molar-refractivity contribution in [1.29, 1.82) is 0 Å². The molecule has 2 aromatic rings. The molecular weight excluding hydrogens is 322 g/mol. The van der Waals surface area contributed by atoms with E-state index in [0.29, 0.717) is 0 Å². The van der Waals surface area contributed by atoms with Crippen LogP contribution in [0.3, 0.4) is 0 Å². The van der Waals surface area contributed by atoms with Crippen molar-refractivity contribution < 1.29 is 4.74 Å². The largest absolute Gasteiger partial charge is 0.496 e. The average molecular weight is 340 g/mol. The van der Waals surface area contributed by atoms with Crippen LogP contribution in [0.2, 0.25) is 0 Å². The first-order valence-electron chi connectivity index (χ1n) is 6.37. The number of benzene rings is 1. The Hall–Kier alpha value is -0.840. The van der Waals surface area contributed by atoms with E-state index in [1.807, 2.05) is 12.1 Å². The SMILES string of the molecule is CCCNC(c1ccccc1OC)c1sccc1Br. The highest BCUT2D eigenvalue weighted by molar-refractivity contribution is 9.10. The van der Waals surface area contributed by atoms with Crippen LogP contribution in [0.25, 0.3) is 0 Å². The van der Waals surface area contributed by atoms with Crippen LogP contribution >= 0.6 is 27.3 Å². The van der Waals surface area contributed by atoms with Crippen molar-refractivity contribution in [1.82, 2.24) is 5.32 Å². The molecule has 2 rings (SSSR count). The van der Waals surface area contributed by atoms with Crippen molar-refractivity contribution in [3.05, 3.63) is 50.6 Å². The van der Waals surface area contributed by atoms with Crippen LogP contribution < -0.4 is 10.1 Å². The monoisotopic (exact) mass is 339 g/mol. The molecule has 0 saturated heterocycles. The number of ether oxygens (including phenoxy) is 1. The summed E-state index contributed by atoms with van der Waals surface area (Å²) in [5.41, 5.74) is 1.18. The lowest BCUT2D eigenvalue weighted by Crippen LogP contribution is -2.23. The van der Waals surface area contributed by atoms with E-state index < -0.39 is 0 Å². The molecule has 0 aliphatic carbocycles. The van der Waals surface area contributed by atoms with Gasteiger partial charge in [-0.25, -0.2) is 0 Å². The topological polar surface area (TPSA) is 21.3 Å². The molecule has 2 nitrogen and oxygen atoms in total. The summed E-state index contributed by atoms with van der Waals surface area (Å²) in [7, 11) is 1.72. The standard InChI is InChI=1S/C15H18BrNOS/c1-3-9-17-14(15-12(16)8-10-19-15)11-6-4-5-7-13(11)18-2/h4-8,10,14,17H,3,9H2,1-2H3. The van der Waals surface area contributed by atoms with Crippen LogP contribution in [0.5, 0.6) is 5.75 Å². The van der Waals surface area contributed by atoms with Gasteiger partial charge in [-0.15, -0.1) is 11.3 Å². The molecular formula is C15H18BrNOS. The molecule has 0 fully saturated rings. The minimum absolute atomic E-state index is 0.172. The fourth-order valence-electron chi connectivity index (χ4n) is 2.05. The van der Waals surface area contributed by atoms with Gasteiger partial charge >= 0.3 is 0 Å². The van der Waals surface area contributed by atoms with E-state index in [0.717, 1.165) is 23.2 Å². The molecule has 0 aliphatic heterocycles. The second-order valence-electron chi connectivity index (χ2n) is 4.26. The highest BCUT2D eigenvalue weighted by atomic mass is 79.9. The third-order valence-corrected chi connectivity index (χ3v) is 4.89. The zero-order valence-electron chi connectivity index (χ0n) is 11.2. The summed E-state index contributed by atoms with van der Waals surface area (Å²) < 4.78 is 6.64. The normalized spacial score (nSPS) is 12.4. The molecule has 1 atom stereocenters. The quantitative estimate of drug-likeness (QED) is 0.829. The molecule has 0 bridgehead atoms. The molecule has 4 heteroatoms. The smallest absolute Gasteiger partial charge is 0.124 e. The van der Waals surface area contributed by atoms with E-state index in [4.69, 9.17) is 4.74 Å².